The molecule has 0 bridgehead atoms. The van der Waals surface area contributed by atoms with E-state index in [2.05, 4.69) is 24.5 Å². The van der Waals surface area contributed by atoms with Gasteiger partial charge in [-0.25, -0.2) is 4.79 Å². The van der Waals surface area contributed by atoms with Gasteiger partial charge in [-0.15, -0.1) is 0 Å². The van der Waals surface area contributed by atoms with Crippen molar-refractivity contribution >= 4 is 23.8 Å². The van der Waals surface area contributed by atoms with E-state index in [1.165, 1.54) is 0 Å². The van der Waals surface area contributed by atoms with Crippen LogP contribution in [0.4, 0.5) is 4.79 Å². The molecule has 0 saturated carbocycles. The van der Waals surface area contributed by atoms with Crippen LogP contribution < -0.4 is 15.4 Å². The number of aliphatic hydroxyl groups excluding tert-OH is 1. The molecule has 4 rings (SSSR count). The molecule has 1 aliphatic rings. The number of amides is 2. The van der Waals surface area contributed by atoms with Gasteiger partial charge in [-0.1, -0.05) is 92.7 Å². The molecular weight excluding hydrogens is 572 g/mol. The summed E-state index contributed by atoms with van der Waals surface area (Å²) in [6.07, 6.45) is 0.455. The van der Waals surface area contributed by atoms with Gasteiger partial charge in [0.2, 0.25) is 0 Å². The van der Waals surface area contributed by atoms with Gasteiger partial charge in [-0.05, 0) is 73.5 Å². The maximum absolute atomic E-state index is 13.2. The van der Waals surface area contributed by atoms with Gasteiger partial charge in [0.1, 0.15) is 11.9 Å². The van der Waals surface area contributed by atoms with Crippen molar-refractivity contribution in [1.82, 2.24) is 10.6 Å². The van der Waals surface area contributed by atoms with Gasteiger partial charge in [0, 0.05) is 11.3 Å². The summed E-state index contributed by atoms with van der Waals surface area (Å²) in [6, 6.07) is 24.5. The lowest BCUT2D eigenvalue weighted by molar-refractivity contribution is -0.124. The molecule has 1 aliphatic heterocycles. The van der Waals surface area contributed by atoms with Crippen molar-refractivity contribution in [2.24, 2.45) is 5.92 Å². The predicted molar refractivity (Wildman–Crippen MR) is 177 cm³/mol. The summed E-state index contributed by atoms with van der Waals surface area (Å²) in [5.41, 5.74) is 3.93. The summed E-state index contributed by atoms with van der Waals surface area (Å²) < 4.78 is 11.8. The van der Waals surface area contributed by atoms with Crippen molar-refractivity contribution < 1.29 is 24.2 Å². The molecule has 2 amide bonds. The Morgan fingerprint density at radius 1 is 0.886 bits per heavy atom. The van der Waals surface area contributed by atoms with Crippen LogP contribution in [0.15, 0.2) is 78.9 Å². The van der Waals surface area contributed by atoms with Crippen LogP contribution in [0.25, 0.3) is 0 Å². The zero-order valence-electron chi connectivity index (χ0n) is 26.2. The number of aryl methyl sites for hydroxylation is 2. The number of nitrogens with one attached hydrogen (secondary N) is 2. The van der Waals surface area contributed by atoms with E-state index >= 15 is 0 Å². The van der Waals surface area contributed by atoms with E-state index in [-0.39, 0.29) is 30.3 Å². The van der Waals surface area contributed by atoms with Crippen LogP contribution in [0.2, 0.25) is 0 Å². The normalized spacial score (nSPS) is 18.3. The summed E-state index contributed by atoms with van der Waals surface area (Å²) in [6.45, 7) is 8.03. The Hall–Kier alpha value is -3.49. The molecule has 44 heavy (non-hydrogen) atoms. The van der Waals surface area contributed by atoms with Gasteiger partial charge in [0.15, 0.2) is 6.61 Å². The number of ether oxygens (including phenoxy) is 2. The SMILES string of the molecule is Cc1cccc(C)c1OCC(=O)N[C@@H](Cc1ccccc1)[C@@H](O)C[C@H](Cc1ccccc1)NC(=O)O[C@H]1CCS[C@H]1C(C)C. The Morgan fingerprint density at radius 3 is 2.11 bits per heavy atom. The third kappa shape index (κ3) is 10.0. The fourth-order valence-electron chi connectivity index (χ4n) is 5.79. The van der Waals surface area contributed by atoms with Gasteiger partial charge in [0.05, 0.1) is 12.1 Å². The highest BCUT2D eigenvalue weighted by molar-refractivity contribution is 8.00. The first kappa shape index (κ1) is 33.4. The molecule has 3 N–H and O–H groups in total. The van der Waals surface area contributed by atoms with E-state index in [0.717, 1.165) is 34.4 Å². The number of hydrogen-bond acceptors (Lipinski definition) is 6. The van der Waals surface area contributed by atoms with Crippen molar-refractivity contribution in [2.45, 2.75) is 82.9 Å². The first-order valence-corrected chi connectivity index (χ1v) is 16.6. The fraction of sp³-hybridized carbons (Fsp3) is 0.444. The number of aliphatic hydroxyl groups is 1. The third-order valence-electron chi connectivity index (χ3n) is 8.03. The molecule has 0 aromatic heterocycles. The van der Waals surface area contributed by atoms with E-state index < -0.39 is 24.3 Å². The average Bonchev–Trinajstić information content (AvgIpc) is 3.46. The van der Waals surface area contributed by atoms with Crippen LogP contribution in [0.5, 0.6) is 5.75 Å². The number of para-hydroxylation sites is 1. The van der Waals surface area contributed by atoms with Crippen LogP contribution in [-0.4, -0.2) is 59.0 Å². The highest BCUT2D eigenvalue weighted by atomic mass is 32.2. The maximum atomic E-state index is 13.2. The largest absolute Gasteiger partial charge is 0.483 e. The second-order valence-electron chi connectivity index (χ2n) is 12.0. The topological polar surface area (TPSA) is 96.9 Å². The molecule has 3 aromatic rings. The predicted octanol–water partition coefficient (Wildman–Crippen LogP) is 6.03. The lowest BCUT2D eigenvalue weighted by Crippen LogP contribution is -2.50. The third-order valence-corrected chi connectivity index (χ3v) is 9.74. The monoisotopic (exact) mass is 618 g/mol. The summed E-state index contributed by atoms with van der Waals surface area (Å²) in [4.78, 5) is 26.3. The fourth-order valence-corrected chi connectivity index (χ4v) is 7.22. The van der Waals surface area contributed by atoms with Crippen LogP contribution in [0.3, 0.4) is 0 Å². The molecule has 7 nitrogen and oxygen atoms in total. The number of benzene rings is 3. The van der Waals surface area contributed by atoms with Crippen molar-refractivity contribution in [3.8, 4) is 5.75 Å². The van der Waals surface area contributed by atoms with Crippen molar-refractivity contribution in [2.75, 3.05) is 12.4 Å². The summed E-state index contributed by atoms with van der Waals surface area (Å²) in [7, 11) is 0. The summed E-state index contributed by atoms with van der Waals surface area (Å²) in [5.74, 6) is 1.75. The van der Waals surface area contributed by atoms with E-state index in [1.54, 1.807) is 0 Å². The lowest BCUT2D eigenvalue weighted by atomic mass is 9.93. The molecule has 5 atom stereocenters. The number of alkyl carbamates (subject to hydrolysis) is 1. The zero-order chi connectivity index (χ0) is 31.5. The second-order valence-corrected chi connectivity index (χ2v) is 13.3. The number of hydrogen-bond donors (Lipinski definition) is 3. The van der Waals surface area contributed by atoms with Gasteiger partial charge >= 0.3 is 6.09 Å². The summed E-state index contributed by atoms with van der Waals surface area (Å²) >= 11 is 1.85. The zero-order valence-corrected chi connectivity index (χ0v) is 27.0. The first-order chi connectivity index (χ1) is 21.2. The highest BCUT2D eigenvalue weighted by Gasteiger charge is 2.34. The van der Waals surface area contributed by atoms with Crippen molar-refractivity contribution in [1.29, 1.82) is 0 Å². The quantitative estimate of drug-likeness (QED) is 0.204. The number of carbonyl (C=O) groups is 2. The molecule has 1 saturated heterocycles. The molecule has 8 heteroatoms. The van der Waals surface area contributed by atoms with Crippen LogP contribution in [0.1, 0.15) is 48.9 Å². The molecule has 236 valence electrons. The van der Waals surface area contributed by atoms with Gasteiger partial charge in [0.25, 0.3) is 5.91 Å². The minimum atomic E-state index is -0.946. The molecule has 0 radical (unpaired) electrons. The van der Waals surface area contributed by atoms with Crippen LogP contribution in [-0.2, 0) is 22.4 Å². The summed E-state index contributed by atoms with van der Waals surface area (Å²) in [5, 5.41) is 17.9. The Labute approximate surface area is 266 Å². The van der Waals surface area contributed by atoms with E-state index in [0.29, 0.717) is 24.5 Å². The minimum absolute atomic E-state index is 0.135. The molecular formula is C36H46N2O5S. The maximum Gasteiger partial charge on any atom is 0.407 e. The Bertz CT molecular complexity index is 1320. The molecule has 0 aliphatic carbocycles. The van der Waals surface area contributed by atoms with Gasteiger partial charge < -0.3 is 25.2 Å². The molecule has 0 spiro atoms. The van der Waals surface area contributed by atoms with E-state index in [4.69, 9.17) is 9.47 Å². The van der Waals surface area contributed by atoms with Crippen molar-refractivity contribution in [3.63, 3.8) is 0 Å². The number of carbonyl (C=O) groups excluding carboxylic acids is 2. The van der Waals surface area contributed by atoms with Gasteiger partial charge in [-0.2, -0.15) is 11.8 Å². The minimum Gasteiger partial charge on any atom is -0.483 e. The second kappa shape index (κ2) is 16.5. The number of thioether (sulfide) groups is 1. The Balaban J connectivity index is 1.46. The lowest BCUT2D eigenvalue weighted by Gasteiger charge is -2.29. The molecule has 1 heterocycles. The van der Waals surface area contributed by atoms with Crippen LogP contribution >= 0.6 is 11.8 Å². The van der Waals surface area contributed by atoms with Gasteiger partial charge in [-0.3, -0.25) is 4.79 Å². The van der Waals surface area contributed by atoms with Crippen LogP contribution in [0, 0.1) is 19.8 Å². The van der Waals surface area contributed by atoms with E-state index in [1.807, 2.05) is 104 Å². The molecule has 0 unspecified atom stereocenters. The highest BCUT2D eigenvalue weighted by Crippen LogP contribution is 2.34. The standard InChI is InChI=1S/C36H46N2O5S/c1-24(2)35-32(18-19-44-35)43-36(41)37-29(20-27-14-7-5-8-15-27)22-31(39)30(21-28-16-9-6-10-17-28)38-33(40)23-42-34-25(3)12-11-13-26(34)4/h5-17,24,29-32,35,39H,18-23H2,1-4H3,(H,37,41)(H,38,40)/t29-,30-,31-,32-,35-/m0/s1. The smallest absolute Gasteiger partial charge is 0.407 e. The average molecular weight is 619 g/mol. The Morgan fingerprint density at radius 2 is 1.50 bits per heavy atom. The van der Waals surface area contributed by atoms with Crippen molar-refractivity contribution in [3.05, 3.63) is 101 Å². The first-order valence-electron chi connectivity index (χ1n) is 15.5. The van der Waals surface area contributed by atoms with E-state index in [9.17, 15) is 14.7 Å². The number of rotatable bonds is 14. The molecule has 3 aromatic carbocycles. The Kier molecular flexibility index (Phi) is 12.6. The molecule has 1 fully saturated rings.